The van der Waals surface area contributed by atoms with Gasteiger partial charge >= 0.3 is 0 Å². The van der Waals surface area contributed by atoms with Crippen molar-refractivity contribution in [2.75, 3.05) is 24.3 Å². The van der Waals surface area contributed by atoms with E-state index in [1.54, 1.807) is 10.9 Å². The van der Waals surface area contributed by atoms with E-state index in [2.05, 4.69) is 10.4 Å². The molecule has 1 aliphatic heterocycles. The van der Waals surface area contributed by atoms with Crippen molar-refractivity contribution in [1.82, 2.24) is 9.78 Å². The van der Waals surface area contributed by atoms with Gasteiger partial charge < -0.3 is 15.8 Å². The number of aromatic nitrogens is 2. The maximum Gasteiger partial charge on any atom is 0.228 e. The minimum Gasteiger partial charge on any atom is -0.394 e. The quantitative estimate of drug-likeness (QED) is 0.901. The van der Waals surface area contributed by atoms with Crippen molar-refractivity contribution in [2.45, 2.75) is 12.8 Å². The molecule has 0 saturated carbocycles. The number of carbonyl (C=O) groups is 1. The van der Waals surface area contributed by atoms with Gasteiger partial charge in [0.1, 0.15) is 0 Å². The van der Waals surface area contributed by atoms with Crippen LogP contribution in [0.15, 0.2) is 36.5 Å². The van der Waals surface area contributed by atoms with Gasteiger partial charge in [0.05, 0.1) is 17.6 Å². The fourth-order valence-corrected chi connectivity index (χ4v) is 2.38. The van der Waals surface area contributed by atoms with Gasteiger partial charge in [-0.1, -0.05) is 18.2 Å². The second-order valence-electron chi connectivity index (χ2n) is 5.09. The summed E-state index contributed by atoms with van der Waals surface area (Å²) in [4.78, 5) is 12.2. The highest BCUT2D eigenvalue weighted by Crippen LogP contribution is 2.21. The van der Waals surface area contributed by atoms with E-state index in [9.17, 15) is 4.79 Å². The molecule has 0 spiro atoms. The van der Waals surface area contributed by atoms with Crippen LogP contribution in [-0.2, 0) is 9.53 Å². The smallest absolute Gasteiger partial charge is 0.228 e. The number of ether oxygens (including phenoxy) is 1. The number of para-hydroxylation sites is 1. The summed E-state index contributed by atoms with van der Waals surface area (Å²) >= 11 is 0. The van der Waals surface area contributed by atoms with Crippen LogP contribution in [0.2, 0.25) is 0 Å². The van der Waals surface area contributed by atoms with Gasteiger partial charge in [-0.2, -0.15) is 0 Å². The molecule has 2 heterocycles. The van der Waals surface area contributed by atoms with Gasteiger partial charge in [-0.3, -0.25) is 4.79 Å². The second-order valence-corrected chi connectivity index (χ2v) is 5.09. The van der Waals surface area contributed by atoms with Crippen molar-refractivity contribution in [1.29, 1.82) is 0 Å². The number of carbonyl (C=O) groups excluding carboxylic acids is 1. The number of nitrogen functional groups attached to an aromatic ring is 1. The first-order chi connectivity index (χ1) is 10.2. The Morgan fingerprint density at radius 3 is 2.71 bits per heavy atom. The molecule has 1 saturated heterocycles. The predicted octanol–water partition coefficient (Wildman–Crippen LogP) is 1.82. The van der Waals surface area contributed by atoms with Gasteiger partial charge in [0.2, 0.25) is 5.91 Å². The van der Waals surface area contributed by atoms with Gasteiger partial charge in [0.25, 0.3) is 0 Å². The van der Waals surface area contributed by atoms with Gasteiger partial charge in [-0.25, -0.2) is 4.68 Å². The molecule has 1 aromatic heterocycles. The summed E-state index contributed by atoms with van der Waals surface area (Å²) in [6.45, 7) is 1.26. The summed E-state index contributed by atoms with van der Waals surface area (Å²) in [5.41, 5.74) is 7.29. The Bertz CT molecular complexity index is 618. The molecule has 6 nitrogen and oxygen atoms in total. The van der Waals surface area contributed by atoms with Crippen molar-refractivity contribution in [3.05, 3.63) is 36.5 Å². The first kappa shape index (κ1) is 13.6. The van der Waals surface area contributed by atoms with Crippen LogP contribution in [0.25, 0.3) is 5.69 Å². The Balaban J connectivity index is 1.74. The van der Waals surface area contributed by atoms with E-state index in [1.165, 1.54) is 0 Å². The first-order valence-corrected chi connectivity index (χ1v) is 7.03. The number of amides is 1. The normalized spacial score (nSPS) is 15.8. The zero-order valence-electron chi connectivity index (χ0n) is 11.7. The number of nitrogens with zero attached hydrogens (tertiary/aromatic N) is 2. The van der Waals surface area contributed by atoms with Crippen LogP contribution in [-0.4, -0.2) is 28.9 Å². The zero-order valence-corrected chi connectivity index (χ0v) is 11.7. The molecule has 1 fully saturated rings. The minimum absolute atomic E-state index is 0.0278. The first-order valence-electron chi connectivity index (χ1n) is 7.03. The van der Waals surface area contributed by atoms with E-state index < -0.39 is 0 Å². The van der Waals surface area contributed by atoms with E-state index in [4.69, 9.17) is 10.5 Å². The van der Waals surface area contributed by atoms with Crippen LogP contribution < -0.4 is 11.1 Å². The molecule has 0 atom stereocenters. The lowest BCUT2D eigenvalue weighted by Gasteiger charge is -2.20. The predicted molar refractivity (Wildman–Crippen MR) is 80.1 cm³/mol. The topological polar surface area (TPSA) is 82.2 Å². The lowest BCUT2D eigenvalue weighted by molar-refractivity contribution is -0.122. The van der Waals surface area contributed by atoms with Crippen molar-refractivity contribution in [3.8, 4) is 5.69 Å². The maximum atomic E-state index is 12.2. The average Bonchev–Trinajstić information content (AvgIpc) is 2.90. The fourth-order valence-electron chi connectivity index (χ4n) is 2.38. The van der Waals surface area contributed by atoms with Crippen molar-refractivity contribution >= 4 is 17.4 Å². The highest BCUT2D eigenvalue weighted by atomic mass is 16.5. The zero-order chi connectivity index (χ0) is 14.7. The Hall–Kier alpha value is -2.34. The molecule has 0 unspecified atom stereocenters. The number of hydrogen-bond donors (Lipinski definition) is 2. The van der Waals surface area contributed by atoms with Crippen molar-refractivity contribution < 1.29 is 9.53 Å². The molecule has 3 N–H and O–H groups in total. The molecule has 0 radical (unpaired) electrons. The number of rotatable bonds is 3. The number of hydrogen-bond acceptors (Lipinski definition) is 4. The fraction of sp³-hybridized carbons (Fsp3) is 0.333. The van der Waals surface area contributed by atoms with Crippen LogP contribution in [0.1, 0.15) is 12.8 Å². The molecule has 1 aliphatic rings. The molecule has 0 bridgehead atoms. The Morgan fingerprint density at radius 2 is 2.00 bits per heavy atom. The standard InChI is InChI=1S/C15H18N4O2/c16-13-10-19(12-4-2-1-3-5-12)18-14(13)17-15(20)11-6-8-21-9-7-11/h1-5,10-11H,6-9,16H2,(H,17,18,20). The second kappa shape index (κ2) is 5.97. The van der Waals surface area contributed by atoms with Crippen LogP contribution in [0.5, 0.6) is 0 Å². The summed E-state index contributed by atoms with van der Waals surface area (Å²) in [5.74, 6) is 0.346. The average molecular weight is 286 g/mol. The molecule has 110 valence electrons. The number of nitrogens with two attached hydrogens (primary N) is 1. The number of benzene rings is 1. The van der Waals surface area contributed by atoms with E-state index in [1.807, 2.05) is 30.3 Å². The van der Waals surface area contributed by atoms with Crippen LogP contribution in [0.3, 0.4) is 0 Å². The van der Waals surface area contributed by atoms with Crippen molar-refractivity contribution in [2.24, 2.45) is 5.92 Å². The van der Waals surface area contributed by atoms with E-state index in [-0.39, 0.29) is 11.8 Å². The third-order valence-corrected chi connectivity index (χ3v) is 3.60. The van der Waals surface area contributed by atoms with Gasteiger partial charge in [-0.15, -0.1) is 5.10 Å². The Morgan fingerprint density at radius 1 is 1.29 bits per heavy atom. The summed E-state index contributed by atoms with van der Waals surface area (Å²) in [7, 11) is 0. The lowest BCUT2D eigenvalue weighted by atomic mass is 9.99. The van der Waals surface area contributed by atoms with Crippen LogP contribution in [0, 0.1) is 5.92 Å². The molecule has 1 aromatic carbocycles. The van der Waals surface area contributed by atoms with Gasteiger partial charge in [0, 0.05) is 19.1 Å². The third-order valence-electron chi connectivity index (χ3n) is 3.60. The molecule has 3 rings (SSSR count). The highest BCUT2D eigenvalue weighted by Gasteiger charge is 2.23. The maximum absolute atomic E-state index is 12.2. The molecular weight excluding hydrogens is 268 g/mol. The van der Waals surface area contributed by atoms with E-state index in [0.29, 0.717) is 24.7 Å². The SMILES string of the molecule is Nc1cn(-c2ccccc2)nc1NC(=O)C1CCOCC1. The van der Waals surface area contributed by atoms with Crippen LogP contribution in [0.4, 0.5) is 11.5 Å². The van der Waals surface area contributed by atoms with Gasteiger partial charge in [-0.05, 0) is 25.0 Å². The number of anilines is 2. The summed E-state index contributed by atoms with van der Waals surface area (Å²) < 4.78 is 6.92. The molecule has 1 amide bonds. The third kappa shape index (κ3) is 3.05. The largest absolute Gasteiger partial charge is 0.394 e. The summed E-state index contributed by atoms with van der Waals surface area (Å²) in [5, 5.41) is 7.16. The molecule has 21 heavy (non-hydrogen) atoms. The highest BCUT2D eigenvalue weighted by molar-refractivity contribution is 5.94. The minimum atomic E-state index is -0.0386. The summed E-state index contributed by atoms with van der Waals surface area (Å²) in [6.07, 6.45) is 3.19. The van der Waals surface area contributed by atoms with Crippen LogP contribution >= 0.6 is 0 Å². The Kier molecular flexibility index (Phi) is 3.87. The molecule has 6 heteroatoms. The van der Waals surface area contributed by atoms with Gasteiger partial charge in [0.15, 0.2) is 5.82 Å². The number of nitrogens with one attached hydrogen (secondary N) is 1. The van der Waals surface area contributed by atoms with E-state index >= 15 is 0 Å². The lowest BCUT2D eigenvalue weighted by Crippen LogP contribution is -2.28. The molecule has 2 aromatic rings. The monoisotopic (exact) mass is 286 g/mol. The molecule has 0 aliphatic carbocycles. The van der Waals surface area contributed by atoms with E-state index in [0.717, 1.165) is 18.5 Å². The Labute approximate surface area is 122 Å². The van der Waals surface area contributed by atoms with Crippen molar-refractivity contribution in [3.63, 3.8) is 0 Å². The summed E-state index contributed by atoms with van der Waals surface area (Å²) in [6, 6.07) is 9.64. The molecular formula is C15H18N4O2.